The highest BCUT2D eigenvalue weighted by Crippen LogP contribution is 2.35. The Morgan fingerprint density at radius 1 is 1.19 bits per heavy atom. The van der Waals surface area contributed by atoms with Gasteiger partial charge in [0.05, 0.1) is 15.8 Å². The Kier molecular flexibility index (Phi) is 3.36. The van der Waals surface area contributed by atoms with E-state index in [4.69, 9.17) is 0 Å². The minimum atomic E-state index is -3.62. The number of sulfonamides is 1. The SMILES string of the molecule is CC(C)(N=C1NS(=O)(=O)c2ccccc21)C(C)(C)C(=O)O. The van der Waals surface area contributed by atoms with Crippen LogP contribution in [0.25, 0.3) is 0 Å². The Hall–Kier alpha value is -1.89. The first-order valence-electron chi connectivity index (χ1n) is 6.44. The van der Waals surface area contributed by atoms with Crippen LogP contribution in [0.15, 0.2) is 34.2 Å². The minimum absolute atomic E-state index is 0.160. The lowest BCUT2D eigenvalue weighted by atomic mass is 9.75. The average Bonchev–Trinajstić information content (AvgIpc) is 2.61. The lowest BCUT2D eigenvalue weighted by Gasteiger charge is -2.34. The molecule has 1 aromatic rings. The molecule has 6 nitrogen and oxygen atoms in total. The Balaban J connectivity index is 2.57. The second-order valence-corrected chi connectivity index (χ2v) is 7.70. The van der Waals surface area contributed by atoms with Crippen LogP contribution in [0.4, 0.5) is 0 Å². The molecule has 0 unspecified atom stereocenters. The molecule has 1 aromatic carbocycles. The van der Waals surface area contributed by atoms with Crippen molar-refractivity contribution in [1.82, 2.24) is 4.72 Å². The molecule has 2 N–H and O–H groups in total. The predicted molar refractivity (Wildman–Crippen MR) is 78.8 cm³/mol. The smallest absolute Gasteiger partial charge is 0.311 e. The van der Waals surface area contributed by atoms with Gasteiger partial charge in [-0.15, -0.1) is 0 Å². The number of hydrogen-bond acceptors (Lipinski definition) is 4. The van der Waals surface area contributed by atoms with E-state index in [0.29, 0.717) is 5.56 Å². The van der Waals surface area contributed by atoms with Gasteiger partial charge < -0.3 is 5.11 Å². The van der Waals surface area contributed by atoms with Gasteiger partial charge in [0.25, 0.3) is 10.0 Å². The van der Waals surface area contributed by atoms with Crippen LogP contribution in [0.3, 0.4) is 0 Å². The number of fused-ring (bicyclic) bond motifs is 1. The standard InChI is InChI=1S/C14H18N2O4S/c1-13(2,12(17)18)14(3,4)15-11-9-7-5-6-8-10(9)21(19,20)16-11/h5-8H,1-4H3,(H,15,16)(H,17,18). The number of carbonyl (C=O) groups is 1. The van der Waals surface area contributed by atoms with Crippen molar-refractivity contribution in [1.29, 1.82) is 0 Å². The topological polar surface area (TPSA) is 95.8 Å². The van der Waals surface area contributed by atoms with E-state index in [9.17, 15) is 18.3 Å². The summed E-state index contributed by atoms with van der Waals surface area (Å²) in [5.41, 5.74) is -1.68. The van der Waals surface area contributed by atoms with E-state index in [1.54, 1.807) is 45.9 Å². The molecule has 0 saturated heterocycles. The highest BCUT2D eigenvalue weighted by molar-refractivity contribution is 7.90. The molecule has 0 spiro atoms. The van der Waals surface area contributed by atoms with Crippen LogP contribution in [0.1, 0.15) is 33.3 Å². The molecule has 2 rings (SSSR count). The molecule has 0 saturated carbocycles. The van der Waals surface area contributed by atoms with Crippen LogP contribution < -0.4 is 4.72 Å². The number of benzene rings is 1. The largest absolute Gasteiger partial charge is 0.481 e. The van der Waals surface area contributed by atoms with Gasteiger partial charge in [-0.2, -0.15) is 0 Å². The Morgan fingerprint density at radius 3 is 2.33 bits per heavy atom. The highest BCUT2D eigenvalue weighted by Gasteiger charge is 2.45. The van der Waals surface area contributed by atoms with Gasteiger partial charge in [0, 0.05) is 5.56 Å². The first-order chi connectivity index (χ1) is 9.49. The summed E-state index contributed by atoms with van der Waals surface area (Å²) >= 11 is 0. The number of aliphatic imine (C=N–C) groups is 1. The first-order valence-corrected chi connectivity index (χ1v) is 7.93. The summed E-state index contributed by atoms with van der Waals surface area (Å²) in [4.78, 5) is 15.9. The van der Waals surface area contributed by atoms with Crippen molar-refractivity contribution in [3.63, 3.8) is 0 Å². The molecule has 0 aromatic heterocycles. The molecule has 1 aliphatic rings. The van der Waals surface area contributed by atoms with Crippen molar-refractivity contribution < 1.29 is 18.3 Å². The van der Waals surface area contributed by atoms with Crippen LogP contribution in [-0.4, -0.2) is 30.9 Å². The van der Waals surface area contributed by atoms with Crippen LogP contribution in [0.5, 0.6) is 0 Å². The predicted octanol–water partition coefficient (Wildman–Crippen LogP) is 1.61. The summed E-state index contributed by atoms with van der Waals surface area (Å²) in [6, 6.07) is 6.49. The summed E-state index contributed by atoms with van der Waals surface area (Å²) in [6.07, 6.45) is 0. The van der Waals surface area contributed by atoms with Crippen LogP contribution >= 0.6 is 0 Å². The van der Waals surface area contributed by atoms with Gasteiger partial charge in [-0.05, 0) is 39.8 Å². The number of carboxylic acids is 1. The molecule has 21 heavy (non-hydrogen) atoms. The summed E-state index contributed by atoms with van der Waals surface area (Å²) in [7, 11) is -3.62. The van der Waals surface area contributed by atoms with Crippen molar-refractivity contribution in [2.24, 2.45) is 10.4 Å². The summed E-state index contributed by atoms with van der Waals surface area (Å²) in [5, 5.41) is 9.34. The average molecular weight is 310 g/mol. The van der Waals surface area contributed by atoms with Gasteiger partial charge in [-0.1, -0.05) is 12.1 Å². The van der Waals surface area contributed by atoms with Crippen LogP contribution in [0, 0.1) is 5.41 Å². The number of nitrogens with zero attached hydrogens (tertiary/aromatic N) is 1. The second-order valence-electron chi connectivity index (χ2n) is 6.05. The van der Waals surface area contributed by atoms with Gasteiger partial charge in [0.1, 0.15) is 5.84 Å². The lowest BCUT2D eigenvalue weighted by molar-refractivity contribution is -0.150. The van der Waals surface area contributed by atoms with E-state index >= 15 is 0 Å². The highest BCUT2D eigenvalue weighted by atomic mass is 32.2. The molecule has 0 bridgehead atoms. The van der Waals surface area contributed by atoms with Crippen molar-refractivity contribution in [2.75, 3.05) is 0 Å². The van der Waals surface area contributed by atoms with Crippen molar-refractivity contribution in [3.8, 4) is 0 Å². The molecule has 0 radical (unpaired) electrons. The molecular formula is C14H18N2O4S. The third-order valence-electron chi connectivity index (χ3n) is 4.12. The fourth-order valence-electron chi connectivity index (χ4n) is 1.90. The molecule has 7 heteroatoms. The zero-order chi connectivity index (χ0) is 16.1. The third kappa shape index (κ3) is 2.42. The van der Waals surface area contributed by atoms with Crippen LogP contribution in [0.2, 0.25) is 0 Å². The molecule has 0 amide bonds. The maximum absolute atomic E-state index is 12.0. The second kappa shape index (κ2) is 4.56. The Morgan fingerprint density at radius 2 is 1.76 bits per heavy atom. The molecule has 0 atom stereocenters. The zero-order valence-electron chi connectivity index (χ0n) is 12.3. The monoisotopic (exact) mass is 310 g/mol. The van der Waals surface area contributed by atoms with Gasteiger partial charge in [0.2, 0.25) is 0 Å². The molecule has 1 heterocycles. The molecule has 0 fully saturated rings. The van der Waals surface area contributed by atoms with Crippen molar-refractivity contribution in [3.05, 3.63) is 29.8 Å². The van der Waals surface area contributed by atoms with Crippen molar-refractivity contribution in [2.45, 2.75) is 38.1 Å². The van der Waals surface area contributed by atoms with Crippen molar-refractivity contribution >= 4 is 21.8 Å². The number of amidine groups is 1. The summed E-state index contributed by atoms with van der Waals surface area (Å²) in [5.74, 6) is -0.809. The summed E-state index contributed by atoms with van der Waals surface area (Å²) in [6.45, 7) is 6.47. The first kappa shape index (κ1) is 15.5. The number of nitrogens with one attached hydrogen (secondary N) is 1. The lowest BCUT2D eigenvalue weighted by Crippen LogP contribution is -2.45. The normalized spacial score (nSPS) is 19.1. The van der Waals surface area contributed by atoms with E-state index in [1.165, 1.54) is 6.07 Å². The van der Waals surface area contributed by atoms with E-state index in [2.05, 4.69) is 9.71 Å². The number of carboxylic acid groups (broad SMARTS) is 1. The number of aliphatic carboxylic acids is 1. The van der Waals surface area contributed by atoms with E-state index in [1.807, 2.05) is 0 Å². The van der Waals surface area contributed by atoms with Gasteiger partial charge in [-0.25, -0.2) is 8.42 Å². The quantitative estimate of drug-likeness (QED) is 0.886. The number of rotatable bonds is 3. The molecule has 0 aliphatic carbocycles. The van der Waals surface area contributed by atoms with Gasteiger partial charge in [0.15, 0.2) is 0 Å². The maximum Gasteiger partial charge on any atom is 0.311 e. The van der Waals surface area contributed by atoms with Gasteiger partial charge in [-0.3, -0.25) is 14.5 Å². The fourth-order valence-corrected chi connectivity index (χ4v) is 3.13. The molecular weight excluding hydrogens is 292 g/mol. The number of hydrogen-bond donors (Lipinski definition) is 2. The van der Waals surface area contributed by atoms with E-state index < -0.39 is 26.9 Å². The Bertz CT molecular complexity index is 733. The maximum atomic E-state index is 12.0. The van der Waals surface area contributed by atoms with Crippen LogP contribution in [-0.2, 0) is 14.8 Å². The fraction of sp³-hybridized carbons (Fsp3) is 0.429. The van der Waals surface area contributed by atoms with E-state index in [-0.39, 0.29) is 10.7 Å². The molecule has 114 valence electrons. The zero-order valence-corrected chi connectivity index (χ0v) is 13.2. The molecule has 1 aliphatic heterocycles. The third-order valence-corrected chi connectivity index (χ3v) is 5.52. The minimum Gasteiger partial charge on any atom is -0.481 e. The van der Waals surface area contributed by atoms with Gasteiger partial charge >= 0.3 is 5.97 Å². The van der Waals surface area contributed by atoms with E-state index in [0.717, 1.165) is 0 Å². The summed E-state index contributed by atoms with van der Waals surface area (Å²) < 4.78 is 26.4. The Labute approximate surface area is 124 Å².